The third kappa shape index (κ3) is 2.32. The van der Waals surface area contributed by atoms with Crippen LogP contribution < -0.4 is 0 Å². The van der Waals surface area contributed by atoms with Crippen molar-refractivity contribution in [2.75, 3.05) is 6.54 Å². The zero-order chi connectivity index (χ0) is 9.84. The number of hydrogen-bond donors (Lipinski definition) is 1. The third-order valence-electron chi connectivity index (χ3n) is 1.46. The van der Waals surface area contributed by atoms with Crippen LogP contribution in [0.1, 0.15) is 12.8 Å². The topological polar surface area (TPSA) is 99.4 Å². The lowest BCUT2D eigenvalue weighted by molar-refractivity contribution is -0.137. The maximum absolute atomic E-state index is 10.8. The SMILES string of the molecule is O=C(O)CCCN1C(=O)N=NC1=O. The first-order valence-electron chi connectivity index (χ1n) is 3.60. The Labute approximate surface area is 73.0 Å². The molecule has 0 unspecified atom stereocenters. The highest BCUT2D eigenvalue weighted by molar-refractivity contribution is 5.98. The minimum absolute atomic E-state index is 0.0525. The van der Waals surface area contributed by atoms with Gasteiger partial charge in [-0.05, 0) is 6.42 Å². The fraction of sp³-hybridized carbons (Fsp3) is 0.500. The molecule has 70 valence electrons. The van der Waals surface area contributed by atoms with Crippen LogP contribution in [0.4, 0.5) is 9.59 Å². The van der Waals surface area contributed by atoms with Gasteiger partial charge in [-0.2, -0.15) is 0 Å². The average molecular weight is 185 g/mol. The maximum Gasteiger partial charge on any atom is 0.370 e. The normalized spacial score (nSPS) is 15.5. The molecule has 7 nitrogen and oxygen atoms in total. The molecule has 0 bridgehead atoms. The molecule has 7 heteroatoms. The van der Waals surface area contributed by atoms with Gasteiger partial charge in [-0.3, -0.25) is 4.79 Å². The fourth-order valence-corrected chi connectivity index (χ4v) is 0.855. The number of aliphatic carboxylic acids is 1. The lowest BCUT2D eigenvalue weighted by Crippen LogP contribution is -2.29. The van der Waals surface area contributed by atoms with Gasteiger partial charge in [0.1, 0.15) is 0 Å². The molecule has 1 rings (SSSR count). The van der Waals surface area contributed by atoms with E-state index in [2.05, 4.69) is 10.2 Å². The summed E-state index contributed by atoms with van der Waals surface area (Å²) in [7, 11) is 0. The molecule has 1 aliphatic heterocycles. The molecule has 1 aliphatic rings. The summed E-state index contributed by atoms with van der Waals surface area (Å²) >= 11 is 0. The summed E-state index contributed by atoms with van der Waals surface area (Å²) < 4.78 is 0. The molecular formula is C6H7N3O4. The molecule has 0 spiro atoms. The van der Waals surface area contributed by atoms with Crippen LogP contribution in [-0.4, -0.2) is 34.6 Å². The number of carbonyl (C=O) groups is 3. The van der Waals surface area contributed by atoms with Gasteiger partial charge in [0.2, 0.25) is 0 Å². The van der Waals surface area contributed by atoms with E-state index in [9.17, 15) is 14.4 Å². The number of imide groups is 1. The lowest BCUT2D eigenvalue weighted by atomic mass is 10.3. The van der Waals surface area contributed by atoms with E-state index in [4.69, 9.17) is 5.11 Å². The predicted octanol–water partition coefficient (Wildman–Crippen LogP) is 0.859. The Hall–Kier alpha value is -1.79. The van der Waals surface area contributed by atoms with E-state index in [1.807, 2.05) is 0 Å². The van der Waals surface area contributed by atoms with E-state index in [0.717, 1.165) is 4.90 Å². The Morgan fingerprint density at radius 2 is 1.85 bits per heavy atom. The summed E-state index contributed by atoms with van der Waals surface area (Å²) in [6.07, 6.45) is 0.134. The van der Waals surface area contributed by atoms with E-state index in [1.54, 1.807) is 0 Å². The quantitative estimate of drug-likeness (QED) is 0.701. The van der Waals surface area contributed by atoms with Crippen molar-refractivity contribution in [1.29, 1.82) is 0 Å². The first-order chi connectivity index (χ1) is 6.11. The van der Waals surface area contributed by atoms with E-state index in [1.165, 1.54) is 0 Å². The second-order valence-electron chi connectivity index (χ2n) is 2.41. The molecule has 0 fully saturated rings. The minimum Gasteiger partial charge on any atom is -0.481 e. The van der Waals surface area contributed by atoms with Crippen LogP contribution in [-0.2, 0) is 4.79 Å². The zero-order valence-corrected chi connectivity index (χ0v) is 6.63. The molecule has 0 saturated carbocycles. The molecule has 0 aromatic rings. The summed E-state index contributed by atoms with van der Waals surface area (Å²) in [4.78, 5) is 32.4. The molecule has 0 aromatic heterocycles. The van der Waals surface area contributed by atoms with Crippen molar-refractivity contribution in [2.24, 2.45) is 10.2 Å². The minimum atomic E-state index is -0.965. The Kier molecular flexibility index (Phi) is 2.68. The molecule has 1 N–H and O–H groups in total. The second kappa shape index (κ2) is 3.74. The van der Waals surface area contributed by atoms with Crippen molar-refractivity contribution >= 4 is 18.0 Å². The van der Waals surface area contributed by atoms with Gasteiger partial charge in [0.05, 0.1) is 0 Å². The highest BCUT2D eigenvalue weighted by Gasteiger charge is 2.26. The standard InChI is InChI=1S/C6H7N3O4/c10-4(11)2-1-3-9-5(12)7-8-6(9)13/h1-3H2,(H,10,11). The molecule has 0 saturated heterocycles. The number of carboxylic acids is 1. The molecule has 0 radical (unpaired) electrons. The number of azo groups is 1. The van der Waals surface area contributed by atoms with E-state index < -0.39 is 18.0 Å². The van der Waals surface area contributed by atoms with Gasteiger partial charge >= 0.3 is 18.0 Å². The zero-order valence-electron chi connectivity index (χ0n) is 6.63. The second-order valence-corrected chi connectivity index (χ2v) is 2.41. The first-order valence-corrected chi connectivity index (χ1v) is 3.60. The predicted molar refractivity (Wildman–Crippen MR) is 39.2 cm³/mol. The largest absolute Gasteiger partial charge is 0.481 e. The number of carboxylic acid groups (broad SMARTS) is 1. The smallest absolute Gasteiger partial charge is 0.370 e. The van der Waals surface area contributed by atoms with Gasteiger partial charge in [-0.25, -0.2) is 14.5 Å². The Balaban J connectivity index is 2.34. The summed E-state index contributed by atoms with van der Waals surface area (Å²) in [5.41, 5.74) is 0. The number of amides is 4. The van der Waals surface area contributed by atoms with Crippen molar-refractivity contribution in [3.05, 3.63) is 0 Å². The van der Waals surface area contributed by atoms with Gasteiger partial charge in [0.25, 0.3) is 0 Å². The Bertz CT molecular complexity index is 268. The Morgan fingerprint density at radius 3 is 2.31 bits per heavy atom. The average Bonchev–Trinajstić information content (AvgIpc) is 2.34. The van der Waals surface area contributed by atoms with Crippen LogP contribution in [0.2, 0.25) is 0 Å². The van der Waals surface area contributed by atoms with Crippen molar-refractivity contribution in [3.8, 4) is 0 Å². The molecule has 4 amide bonds. The van der Waals surface area contributed by atoms with Crippen molar-refractivity contribution in [2.45, 2.75) is 12.8 Å². The lowest BCUT2D eigenvalue weighted by Gasteiger charge is -2.08. The van der Waals surface area contributed by atoms with Gasteiger partial charge in [0, 0.05) is 13.0 Å². The van der Waals surface area contributed by atoms with Crippen LogP contribution in [0, 0.1) is 0 Å². The van der Waals surface area contributed by atoms with Gasteiger partial charge in [0.15, 0.2) is 0 Å². The maximum atomic E-state index is 10.8. The molecule has 0 atom stereocenters. The number of rotatable bonds is 4. The highest BCUT2D eigenvalue weighted by atomic mass is 16.4. The van der Waals surface area contributed by atoms with Crippen molar-refractivity contribution in [3.63, 3.8) is 0 Å². The number of hydrogen-bond acceptors (Lipinski definition) is 3. The van der Waals surface area contributed by atoms with Gasteiger partial charge in [-0.1, -0.05) is 10.2 Å². The van der Waals surface area contributed by atoms with Gasteiger partial charge in [-0.15, -0.1) is 0 Å². The van der Waals surface area contributed by atoms with Gasteiger partial charge < -0.3 is 5.11 Å². The Morgan fingerprint density at radius 1 is 1.31 bits per heavy atom. The van der Waals surface area contributed by atoms with Crippen LogP contribution in [0.25, 0.3) is 0 Å². The highest BCUT2D eigenvalue weighted by Crippen LogP contribution is 2.08. The van der Waals surface area contributed by atoms with Crippen LogP contribution in [0.3, 0.4) is 0 Å². The summed E-state index contributed by atoms with van der Waals surface area (Å²) in [5.74, 6) is -0.965. The molecular weight excluding hydrogens is 178 g/mol. The first kappa shape index (κ1) is 9.30. The van der Waals surface area contributed by atoms with E-state index in [0.29, 0.717) is 0 Å². The van der Waals surface area contributed by atoms with Crippen LogP contribution in [0.5, 0.6) is 0 Å². The van der Waals surface area contributed by atoms with E-state index >= 15 is 0 Å². The van der Waals surface area contributed by atoms with E-state index in [-0.39, 0.29) is 19.4 Å². The fourth-order valence-electron chi connectivity index (χ4n) is 0.855. The number of urea groups is 2. The molecule has 0 aromatic carbocycles. The van der Waals surface area contributed by atoms with Crippen LogP contribution >= 0.6 is 0 Å². The summed E-state index contributed by atoms with van der Waals surface area (Å²) in [6.45, 7) is 0.0525. The van der Waals surface area contributed by atoms with Crippen LogP contribution in [0.15, 0.2) is 10.2 Å². The third-order valence-corrected chi connectivity index (χ3v) is 1.46. The monoisotopic (exact) mass is 185 g/mol. The summed E-state index contributed by atoms with van der Waals surface area (Å²) in [6, 6.07) is -1.45. The molecule has 0 aliphatic carbocycles. The summed E-state index contributed by atoms with van der Waals surface area (Å²) in [5, 5.41) is 14.3. The number of carbonyl (C=O) groups excluding carboxylic acids is 2. The molecule has 13 heavy (non-hydrogen) atoms. The van der Waals surface area contributed by atoms with Crippen molar-refractivity contribution in [1.82, 2.24) is 4.90 Å². The molecule has 1 heterocycles. The van der Waals surface area contributed by atoms with Crippen molar-refractivity contribution < 1.29 is 19.5 Å². The number of nitrogens with zero attached hydrogens (tertiary/aromatic N) is 3.